The normalized spacial score (nSPS) is 10.1. The van der Waals surface area contributed by atoms with Crippen molar-refractivity contribution in [2.45, 2.75) is 13.5 Å². The number of benzene rings is 1. The van der Waals surface area contributed by atoms with E-state index in [-0.39, 0.29) is 17.8 Å². The Hall–Kier alpha value is -2.96. The van der Waals surface area contributed by atoms with Gasteiger partial charge in [0, 0.05) is 30.2 Å². The zero-order chi connectivity index (χ0) is 15.4. The van der Waals surface area contributed by atoms with Gasteiger partial charge < -0.3 is 11.1 Å². The molecule has 0 saturated heterocycles. The number of pyridine rings is 1. The molecule has 1 heterocycles. The fourth-order valence-electron chi connectivity index (χ4n) is 1.78. The Morgan fingerprint density at radius 1 is 1.38 bits per heavy atom. The summed E-state index contributed by atoms with van der Waals surface area (Å²) < 4.78 is 0. The summed E-state index contributed by atoms with van der Waals surface area (Å²) in [6.07, 6.45) is 1.64. The van der Waals surface area contributed by atoms with Crippen LogP contribution in [0.4, 0.5) is 11.4 Å². The maximum absolute atomic E-state index is 12.1. The summed E-state index contributed by atoms with van der Waals surface area (Å²) in [7, 11) is 0. The highest BCUT2D eigenvalue weighted by Crippen LogP contribution is 2.21. The molecular formula is C14H14N4O3. The number of nitrogens with two attached hydrogens (primary N) is 1. The molecule has 0 bridgehead atoms. The van der Waals surface area contributed by atoms with Crippen LogP contribution >= 0.6 is 0 Å². The molecular weight excluding hydrogens is 272 g/mol. The number of hydrogen-bond donors (Lipinski definition) is 2. The van der Waals surface area contributed by atoms with Crippen molar-refractivity contribution < 1.29 is 9.72 Å². The van der Waals surface area contributed by atoms with Crippen molar-refractivity contribution in [2.75, 3.05) is 5.73 Å². The lowest BCUT2D eigenvalue weighted by molar-refractivity contribution is -0.385. The summed E-state index contributed by atoms with van der Waals surface area (Å²) in [6, 6.07) is 7.55. The van der Waals surface area contributed by atoms with E-state index in [0.29, 0.717) is 5.69 Å². The van der Waals surface area contributed by atoms with Gasteiger partial charge in [0.2, 0.25) is 0 Å². The second kappa shape index (κ2) is 6.00. The fourth-order valence-corrected chi connectivity index (χ4v) is 1.78. The molecule has 1 aromatic carbocycles. The van der Waals surface area contributed by atoms with E-state index in [1.807, 2.05) is 19.1 Å². The van der Waals surface area contributed by atoms with E-state index in [0.717, 1.165) is 11.3 Å². The molecule has 0 fully saturated rings. The van der Waals surface area contributed by atoms with Gasteiger partial charge in [-0.05, 0) is 30.7 Å². The maximum Gasteiger partial charge on any atom is 0.282 e. The molecule has 0 radical (unpaired) electrons. The third kappa shape index (κ3) is 3.53. The van der Waals surface area contributed by atoms with Crippen LogP contribution in [0.15, 0.2) is 36.5 Å². The lowest BCUT2D eigenvalue weighted by Crippen LogP contribution is -2.24. The molecule has 0 atom stereocenters. The van der Waals surface area contributed by atoms with Crippen molar-refractivity contribution in [1.29, 1.82) is 0 Å². The molecule has 0 spiro atoms. The first kappa shape index (κ1) is 14.4. The van der Waals surface area contributed by atoms with Gasteiger partial charge in [0.1, 0.15) is 5.56 Å². The monoisotopic (exact) mass is 286 g/mol. The van der Waals surface area contributed by atoms with Crippen LogP contribution in [-0.2, 0) is 6.54 Å². The molecule has 108 valence electrons. The smallest absolute Gasteiger partial charge is 0.282 e. The fraction of sp³-hybridized carbons (Fsp3) is 0.143. The van der Waals surface area contributed by atoms with Gasteiger partial charge >= 0.3 is 0 Å². The van der Waals surface area contributed by atoms with Gasteiger partial charge in [-0.3, -0.25) is 19.9 Å². The van der Waals surface area contributed by atoms with Crippen molar-refractivity contribution in [1.82, 2.24) is 10.3 Å². The first-order valence-electron chi connectivity index (χ1n) is 6.21. The van der Waals surface area contributed by atoms with Crippen LogP contribution in [0.25, 0.3) is 0 Å². The minimum atomic E-state index is -0.609. The minimum absolute atomic E-state index is 0.0555. The predicted molar refractivity (Wildman–Crippen MR) is 77.7 cm³/mol. The topological polar surface area (TPSA) is 111 Å². The Kier molecular flexibility index (Phi) is 4.13. The van der Waals surface area contributed by atoms with Crippen LogP contribution < -0.4 is 11.1 Å². The lowest BCUT2D eigenvalue weighted by atomic mass is 10.1. The quantitative estimate of drug-likeness (QED) is 0.506. The number of hydrogen-bond acceptors (Lipinski definition) is 5. The number of nitro benzene ring substituents is 1. The van der Waals surface area contributed by atoms with Crippen LogP contribution in [0, 0.1) is 17.0 Å². The molecule has 0 aliphatic heterocycles. The van der Waals surface area contributed by atoms with Gasteiger partial charge in [0.05, 0.1) is 4.92 Å². The number of amides is 1. The van der Waals surface area contributed by atoms with E-state index in [2.05, 4.69) is 10.3 Å². The summed E-state index contributed by atoms with van der Waals surface area (Å²) >= 11 is 0. The number of rotatable bonds is 4. The summed E-state index contributed by atoms with van der Waals surface area (Å²) in [5.74, 6) is -0.547. The third-order valence-electron chi connectivity index (χ3n) is 2.89. The molecule has 0 aliphatic rings. The maximum atomic E-state index is 12.1. The number of aromatic nitrogens is 1. The van der Waals surface area contributed by atoms with Crippen LogP contribution in [0.2, 0.25) is 0 Å². The Bertz CT molecular complexity index is 683. The summed E-state index contributed by atoms with van der Waals surface area (Å²) in [5, 5.41) is 13.5. The number of anilines is 1. The number of carbonyl (C=O) groups is 1. The second-order valence-electron chi connectivity index (χ2n) is 4.52. The number of aryl methyl sites for hydroxylation is 1. The molecule has 0 aliphatic carbocycles. The van der Waals surface area contributed by atoms with E-state index in [1.165, 1.54) is 18.2 Å². The van der Waals surface area contributed by atoms with Gasteiger partial charge in [0.15, 0.2) is 0 Å². The predicted octanol–water partition coefficient (Wildman–Crippen LogP) is 1.81. The van der Waals surface area contributed by atoms with E-state index >= 15 is 0 Å². The standard InChI is InChI=1S/C14H14N4O3/c1-9-2-3-10(7-16-9)8-17-14(19)12-6-11(15)4-5-13(12)18(20)21/h2-7H,8,15H2,1H3,(H,17,19). The highest BCUT2D eigenvalue weighted by molar-refractivity contribution is 5.98. The Morgan fingerprint density at radius 2 is 2.14 bits per heavy atom. The lowest BCUT2D eigenvalue weighted by Gasteiger charge is -2.07. The van der Waals surface area contributed by atoms with Gasteiger partial charge in [-0.25, -0.2) is 0 Å². The van der Waals surface area contributed by atoms with Crippen molar-refractivity contribution in [2.24, 2.45) is 0 Å². The Labute approximate surface area is 121 Å². The summed E-state index contributed by atoms with van der Waals surface area (Å²) in [6.45, 7) is 2.09. The largest absolute Gasteiger partial charge is 0.399 e. The van der Waals surface area contributed by atoms with Gasteiger partial charge in [-0.2, -0.15) is 0 Å². The van der Waals surface area contributed by atoms with Crippen molar-refractivity contribution in [3.05, 3.63) is 63.5 Å². The van der Waals surface area contributed by atoms with Gasteiger partial charge in [-0.15, -0.1) is 0 Å². The molecule has 1 amide bonds. The molecule has 3 N–H and O–H groups in total. The first-order valence-corrected chi connectivity index (χ1v) is 6.21. The Balaban J connectivity index is 2.15. The third-order valence-corrected chi connectivity index (χ3v) is 2.89. The second-order valence-corrected chi connectivity index (χ2v) is 4.52. The highest BCUT2D eigenvalue weighted by atomic mass is 16.6. The summed E-state index contributed by atoms with van der Waals surface area (Å²) in [5.41, 5.74) is 7.22. The van der Waals surface area contributed by atoms with Crippen LogP contribution in [0.5, 0.6) is 0 Å². The minimum Gasteiger partial charge on any atom is -0.399 e. The van der Waals surface area contributed by atoms with E-state index in [9.17, 15) is 14.9 Å². The average Bonchev–Trinajstić information content (AvgIpc) is 2.46. The molecule has 7 nitrogen and oxygen atoms in total. The zero-order valence-electron chi connectivity index (χ0n) is 11.4. The molecule has 21 heavy (non-hydrogen) atoms. The van der Waals surface area contributed by atoms with Gasteiger partial charge in [0.25, 0.3) is 11.6 Å². The molecule has 0 unspecified atom stereocenters. The van der Waals surface area contributed by atoms with Crippen molar-refractivity contribution in [3.63, 3.8) is 0 Å². The molecule has 7 heteroatoms. The van der Waals surface area contributed by atoms with Crippen molar-refractivity contribution in [3.8, 4) is 0 Å². The van der Waals surface area contributed by atoms with Crippen LogP contribution in [0.1, 0.15) is 21.6 Å². The number of nitrogen functional groups attached to an aromatic ring is 1. The number of carbonyl (C=O) groups excluding carboxylic acids is 1. The molecule has 1 aromatic heterocycles. The highest BCUT2D eigenvalue weighted by Gasteiger charge is 2.20. The average molecular weight is 286 g/mol. The van der Waals surface area contributed by atoms with E-state index < -0.39 is 10.8 Å². The first-order chi connectivity index (χ1) is 9.97. The molecule has 2 aromatic rings. The van der Waals surface area contributed by atoms with Crippen LogP contribution in [-0.4, -0.2) is 15.8 Å². The van der Waals surface area contributed by atoms with E-state index in [1.54, 1.807) is 6.20 Å². The number of nitro groups is 1. The zero-order valence-corrected chi connectivity index (χ0v) is 11.4. The van der Waals surface area contributed by atoms with Crippen LogP contribution in [0.3, 0.4) is 0 Å². The number of nitrogens with zero attached hydrogens (tertiary/aromatic N) is 2. The molecule has 0 saturated carbocycles. The van der Waals surface area contributed by atoms with Gasteiger partial charge in [-0.1, -0.05) is 6.07 Å². The number of nitrogens with one attached hydrogen (secondary N) is 1. The summed E-state index contributed by atoms with van der Waals surface area (Å²) in [4.78, 5) is 26.5. The van der Waals surface area contributed by atoms with Crippen molar-refractivity contribution >= 4 is 17.3 Å². The molecule has 2 rings (SSSR count). The Morgan fingerprint density at radius 3 is 2.76 bits per heavy atom. The SMILES string of the molecule is Cc1ccc(CNC(=O)c2cc(N)ccc2[N+](=O)[O-])cn1. The van der Waals surface area contributed by atoms with E-state index in [4.69, 9.17) is 5.73 Å².